The normalized spacial score (nSPS) is 26.0. The third-order valence-electron chi connectivity index (χ3n) is 5.16. The largest absolute Gasteiger partial charge is 0.464 e. The molecule has 6 heteroatoms. The van der Waals surface area contributed by atoms with Crippen molar-refractivity contribution < 1.29 is 19.1 Å². The van der Waals surface area contributed by atoms with E-state index in [0.29, 0.717) is 25.2 Å². The number of amides is 3. The van der Waals surface area contributed by atoms with Crippen molar-refractivity contribution in [3.05, 3.63) is 35.9 Å². The Morgan fingerprint density at radius 2 is 1.92 bits per heavy atom. The van der Waals surface area contributed by atoms with Crippen LogP contribution < -0.4 is 5.32 Å². The lowest BCUT2D eigenvalue weighted by Gasteiger charge is -2.33. The quantitative estimate of drug-likeness (QED) is 0.657. The Morgan fingerprint density at radius 1 is 1.24 bits per heavy atom. The fourth-order valence-electron chi connectivity index (χ4n) is 3.52. The molecular weight excluding hydrogens is 320 g/mol. The molecule has 0 aromatic heterocycles. The Labute approximate surface area is 147 Å². The summed E-state index contributed by atoms with van der Waals surface area (Å²) in [5.74, 6) is -0.280. The summed E-state index contributed by atoms with van der Waals surface area (Å²) in [6, 6.07) is 9.20. The maximum absolute atomic E-state index is 12.7. The first-order valence-corrected chi connectivity index (χ1v) is 8.84. The summed E-state index contributed by atoms with van der Waals surface area (Å²) in [5.41, 5.74) is 0.258. The minimum absolute atomic E-state index is 0.231. The first-order valence-electron chi connectivity index (χ1n) is 8.84. The Morgan fingerprint density at radius 3 is 2.60 bits per heavy atom. The number of nitrogens with one attached hydrogen (secondary N) is 1. The van der Waals surface area contributed by atoms with E-state index in [4.69, 9.17) is 4.74 Å². The van der Waals surface area contributed by atoms with Gasteiger partial charge in [-0.25, -0.2) is 4.79 Å². The molecule has 25 heavy (non-hydrogen) atoms. The molecule has 1 N–H and O–H groups in total. The van der Waals surface area contributed by atoms with Crippen molar-refractivity contribution >= 4 is 17.9 Å². The summed E-state index contributed by atoms with van der Waals surface area (Å²) in [6.45, 7) is 2.06. The summed E-state index contributed by atoms with van der Waals surface area (Å²) in [7, 11) is 0. The van der Waals surface area contributed by atoms with Gasteiger partial charge in [-0.2, -0.15) is 0 Å². The van der Waals surface area contributed by atoms with Crippen molar-refractivity contribution in [3.8, 4) is 0 Å². The number of benzene rings is 1. The Balaban J connectivity index is 1.51. The number of urea groups is 1. The van der Waals surface area contributed by atoms with Crippen LogP contribution in [0.2, 0.25) is 0 Å². The fraction of sp³-hybridized carbons (Fsp3) is 0.526. The number of rotatable bonds is 5. The summed E-state index contributed by atoms with van der Waals surface area (Å²) < 4.78 is 5.18. The van der Waals surface area contributed by atoms with E-state index in [-0.39, 0.29) is 19.1 Å². The van der Waals surface area contributed by atoms with Gasteiger partial charge in [-0.3, -0.25) is 14.5 Å². The minimum Gasteiger partial charge on any atom is -0.464 e. The van der Waals surface area contributed by atoms with Gasteiger partial charge in [-0.15, -0.1) is 0 Å². The van der Waals surface area contributed by atoms with Gasteiger partial charge >= 0.3 is 12.0 Å². The zero-order valence-corrected chi connectivity index (χ0v) is 14.5. The summed E-state index contributed by atoms with van der Waals surface area (Å²) in [4.78, 5) is 37.8. The molecule has 1 heterocycles. The van der Waals surface area contributed by atoms with Crippen LogP contribution in [-0.2, 0) is 20.7 Å². The van der Waals surface area contributed by atoms with Crippen LogP contribution in [-0.4, -0.2) is 41.5 Å². The highest BCUT2D eigenvalue weighted by atomic mass is 16.5. The molecule has 0 bridgehead atoms. The van der Waals surface area contributed by atoms with Crippen LogP contribution in [0, 0.1) is 5.92 Å². The highest BCUT2D eigenvalue weighted by molar-refractivity contribution is 6.08. The first kappa shape index (κ1) is 17.5. The molecule has 0 atom stereocenters. The Kier molecular flexibility index (Phi) is 5.06. The summed E-state index contributed by atoms with van der Waals surface area (Å²) in [6.07, 6.45) is 3.69. The molecule has 1 aliphatic heterocycles. The van der Waals surface area contributed by atoms with Gasteiger partial charge in [0.2, 0.25) is 0 Å². The van der Waals surface area contributed by atoms with E-state index in [1.807, 2.05) is 30.3 Å². The van der Waals surface area contributed by atoms with Crippen LogP contribution in [0.15, 0.2) is 30.3 Å². The number of carbonyl (C=O) groups excluding carboxylic acids is 3. The zero-order chi connectivity index (χ0) is 17.9. The maximum Gasteiger partial charge on any atom is 0.326 e. The van der Waals surface area contributed by atoms with E-state index in [1.165, 1.54) is 0 Å². The molecule has 134 valence electrons. The average Bonchev–Trinajstić information content (AvgIpc) is 2.83. The minimum atomic E-state index is -0.812. The number of carbonyl (C=O) groups is 3. The number of imide groups is 1. The molecule has 3 rings (SSSR count). The molecule has 0 unspecified atom stereocenters. The second-order valence-electron chi connectivity index (χ2n) is 7.04. The van der Waals surface area contributed by atoms with Gasteiger partial charge < -0.3 is 10.1 Å². The van der Waals surface area contributed by atoms with Crippen LogP contribution in [0.3, 0.4) is 0 Å². The summed E-state index contributed by atoms with van der Waals surface area (Å²) >= 11 is 0. The monoisotopic (exact) mass is 344 g/mol. The van der Waals surface area contributed by atoms with Crippen LogP contribution in [0.5, 0.6) is 0 Å². The van der Waals surface area contributed by atoms with E-state index >= 15 is 0 Å². The fourth-order valence-corrected chi connectivity index (χ4v) is 3.52. The molecule has 1 aromatic carbocycles. The zero-order valence-electron chi connectivity index (χ0n) is 14.5. The number of esters is 1. The molecule has 2 aliphatic rings. The van der Waals surface area contributed by atoms with Crippen molar-refractivity contribution in [2.45, 2.75) is 44.6 Å². The number of ether oxygens (including phenoxy) is 1. The van der Waals surface area contributed by atoms with Crippen LogP contribution >= 0.6 is 0 Å². The van der Waals surface area contributed by atoms with E-state index in [1.54, 1.807) is 0 Å². The molecule has 3 amide bonds. The van der Waals surface area contributed by atoms with Crippen LogP contribution in [0.4, 0.5) is 4.79 Å². The van der Waals surface area contributed by atoms with Crippen LogP contribution in [0.25, 0.3) is 0 Å². The topological polar surface area (TPSA) is 75.7 Å². The van der Waals surface area contributed by atoms with Gasteiger partial charge in [0.15, 0.2) is 0 Å². The highest BCUT2D eigenvalue weighted by Gasteiger charge is 2.52. The predicted molar refractivity (Wildman–Crippen MR) is 91.7 cm³/mol. The SMILES string of the molecule is CC1CCC2(CC1)NC(=O)N(CC(=O)OCCc1ccccc1)C2=O. The molecule has 0 radical (unpaired) electrons. The third-order valence-corrected chi connectivity index (χ3v) is 5.16. The number of nitrogens with zero attached hydrogens (tertiary/aromatic N) is 1. The average molecular weight is 344 g/mol. The lowest BCUT2D eigenvalue weighted by atomic mass is 9.77. The molecule has 1 aliphatic carbocycles. The van der Waals surface area contributed by atoms with Gasteiger partial charge in [-0.1, -0.05) is 37.3 Å². The van der Waals surface area contributed by atoms with E-state index in [2.05, 4.69) is 12.2 Å². The van der Waals surface area contributed by atoms with E-state index in [9.17, 15) is 14.4 Å². The van der Waals surface area contributed by atoms with Gasteiger partial charge in [-0.05, 0) is 37.2 Å². The van der Waals surface area contributed by atoms with Gasteiger partial charge in [0.1, 0.15) is 12.1 Å². The number of hydrogen-bond donors (Lipinski definition) is 1. The van der Waals surface area contributed by atoms with Gasteiger partial charge in [0.25, 0.3) is 5.91 Å². The number of hydrogen-bond acceptors (Lipinski definition) is 4. The molecule has 1 saturated carbocycles. The molecule has 6 nitrogen and oxygen atoms in total. The molecule has 1 aromatic rings. The van der Waals surface area contributed by atoms with Crippen molar-refractivity contribution in [2.75, 3.05) is 13.2 Å². The predicted octanol–water partition coefficient (Wildman–Crippen LogP) is 2.27. The van der Waals surface area contributed by atoms with Gasteiger partial charge in [0.05, 0.1) is 6.61 Å². The van der Waals surface area contributed by atoms with Crippen molar-refractivity contribution in [3.63, 3.8) is 0 Å². The highest BCUT2D eigenvalue weighted by Crippen LogP contribution is 2.36. The van der Waals surface area contributed by atoms with Crippen LogP contribution in [0.1, 0.15) is 38.2 Å². The second kappa shape index (κ2) is 7.25. The lowest BCUT2D eigenvalue weighted by molar-refractivity contribution is -0.148. The van der Waals surface area contributed by atoms with E-state index < -0.39 is 17.5 Å². The third kappa shape index (κ3) is 3.83. The molecule has 1 saturated heterocycles. The van der Waals surface area contributed by atoms with Crippen molar-refractivity contribution in [2.24, 2.45) is 5.92 Å². The second-order valence-corrected chi connectivity index (χ2v) is 7.04. The summed E-state index contributed by atoms with van der Waals surface area (Å²) in [5, 5.41) is 2.81. The van der Waals surface area contributed by atoms with Gasteiger partial charge in [0, 0.05) is 6.42 Å². The Bertz CT molecular complexity index is 651. The standard InChI is InChI=1S/C19H24N2O4/c1-14-7-10-19(11-8-14)17(23)21(18(24)20-19)13-16(22)25-12-9-15-5-3-2-4-6-15/h2-6,14H,7-13H2,1H3,(H,20,24). The van der Waals surface area contributed by atoms with E-state index in [0.717, 1.165) is 23.3 Å². The lowest BCUT2D eigenvalue weighted by Crippen LogP contribution is -2.49. The maximum atomic E-state index is 12.7. The first-order chi connectivity index (χ1) is 12.0. The molecular formula is C19H24N2O4. The smallest absolute Gasteiger partial charge is 0.326 e. The molecule has 1 spiro atoms. The molecule has 2 fully saturated rings. The van der Waals surface area contributed by atoms with Crippen molar-refractivity contribution in [1.29, 1.82) is 0 Å². The Hall–Kier alpha value is -2.37. The van der Waals surface area contributed by atoms with Crippen molar-refractivity contribution in [1.82, 2.24) is 10.2 Å².